The number of nitrogens with zero attached hydrogens (tertiary/aromatic N) is 3. The lowest BCUT2D eigenvalue weighted by Crippen LogP contribution is -2.21. The maximum Gasteiger partial charge on any atom is 0.132 e. The molecule has 0 aliphatic rings. The highest BCUT2D eigenvalue weighted by Crippen LogP contribution is 2.26. The predicted octanol–water partition coefficient (Wildman–Crippen LogP) is 3.49. The van der Waals surface area contributed by atoms with Crippen LogP contribution in [-0.4, -0.2) is 18.0 Å². The summed E-state index contributed by atoms with van der Waals surface area (Å²) in [6, 6.07) is 4.58. The molecule has 0 aliphatic heterocycles. The first-order valence-electron chi connectivity index (χ1n) is 6.00. The molecule has 2 N–H and O–H groups in total. The van der Waals surface area contributed by atoms with Gasteiger partial charge in [-0.1, -0.05) is 11.3 Å². The van der Waals surface area contributed by atoms with Gasteiger partial charge in [0.1, 0.15) is 5.82 Å². The summed E-state index contributed by atoms with van der Waals surface area (Å²) in [6.45, 7) is 7.60. The van der Waals surface area contributed by atoms with E-state index >= 15 is 0 Å². The van der Waals surface area contributed by atoms with Crippen LogP contribution in [0.5, 0.6) is 0 Å². The third-order valence-electron chi connectivity index (χ3n) is 2.78. The van der Waals surface area contributed by atoms with Crippen molar-refractivity contribution >= 4 is 11.4 Å². The van der Waals surface area contributed by atoms with E-state index in [1.165, 1.54) is 6.07 Å². The monoisotopic (exact) mass is 250 g/mol. The summed E-state index contributed by atoms with van der Waals surface area (Å²) in [5.74, 6) is 4.74. The molecule has 0 fully saturated rings. The number of halogens is 1. The molecule has 0 radical (unpaired) electrons. The number of hydrogen-bond acceptors (Lipinski definition) is 3. The molecule has 0 bridgehead atoms. The van der Waals surface area contributed by atoms with Crippen LogP contribution >= 0.6 is 0 Å². The lowest BCUT2D eigenvalue weighted by Gasteiger charge is -2.25. The molecular weight excluding hydrogens is 231 g/mol. The van der Waals surface area contributed by atoms with Crippen molar-refractivity contribution in [2.24, 2.45) is 16.2 Å². The van der Waals surface area contributed by atoms with Crippen LogP contribution in [0.15, 0.2) is 34.6 Å². The van der Waals surface area contributed by atoms with Gasteiger partial charge in [-0.05, 0) is 39.0 Å². The highest BCUT2D eigenvalue weighted by molar-refractivity contribution is 5.67. The Labute approximate surface area is 107 Å². The fourth-order valence-electron chi connectivity index (χ4n) is 1.91. The molecule has 98 valence electrons. The van der Waals surface area contributed by atoms with Crippen molar-refractivity contribution in [3.63, 3.8) is 0 Å². The Balaban J connectivity index is 3.24. The zero-order chi connectivity index (χ0) is 13.5. The number of benzene rings is 1. The minimum Gasteiger partial charge on any atom is -0.372 e. The molecule has 0 saturated heterocycles. The Morgan fingerprint density at radius 1 is 1.39 bits per heavy atom. The van der Waals surface area contributed by atoms with Gasteiger partial charge in [-0.2, -0.15) is 0 Å². The van der Waals surface area contributed by atoms with Crippen LogP contribution in [0, 0.1) is 5.82 Å². The molecule has 1 rings (SSSR count). The third kappa shape index (κ3) is 3.06. The van der Waals surface area contributed by atoms with Gasteiger partial charge in [-0.3, -0.25) is 0 Å². The van der Waals surface area contributed by atoms with E-state index < -0.39 is 0 Å². The van der Waals surface area contributed by atoms with E-state index in [0.29, 0.717) is 11.3 Å². The minimum absolute atomic E-state index is 0.272. The molecule has 4 nitrogen and oxygen atoms in total. The first kappa shape index (κ1) is 14.2. The molecule has 1 aromatic carbocycles. The SMILES string of the molecule is CC=C(c1cc(N=NN)ccc1F)N(CC)CC. The lowest BCUT2D eigenvalue weighted by atomic mass is 10.1. The van der Waals surface area contributed by atoms with Gasteiger partial charge in [-0.15, -0.1) is 5.11 Å². The quantitative estimate of drug-likeness (QED) is 0.494. The summed E-state index contributed by atoms with van der Waals surface area (Å²) >= 11 is 0. The second-order valence-corrected chi connectivity index (χ2v) is 3.73. The van der Waals surface area contributed by atoms with E-state index in [9.17, 15) is 4.39 Å². The van der Waals surface area contributed by atoms with Gasteiger partial charge < -0.3 is 10.7 Å². The van der Waals surface area contributed by atoms with Crippen molar-refractivity contribution in [1.29, 1.82) is 0 Å². The number of rotatable bonds is 5. The van der Waals surface area contributed by atoms with Crippen LogP contribution in [0.1, 0.15) is 26.3 Å². The zero-order valence-electron chi connectivity index (χ0n) is 11.0. The van der Waals surface area contributed by atoms with Gasteiger partial charge in [-0.25, -0.2) is 4.39 Å². The molecule has 1 aromatic rings. The Morgan fingerprint density at radius 2 is 2.06 bits per heavy atom. The minimum atomic E-state index is -0.272. The summed E-state index contributed by atoms with van der Waals surface area (Å²) in [5.41, 5.74) is 1.91. The number of hydrogen-bond donors (Lipinski definition) is 1. The van der Waals surface area contributed by atoms with Crippen LogP contribution in [0.3, 0.4) is 0 Å². The summed E-state index contributed by atoms with van der Waals surface area (Å²) < 4.78 is 13.9. The van der Waals surface area contributed by atoms with Gasteiger partial charge in [0.25, 0.3) is 0 Å². The Hall–Kier alpha value is -1.91. The molecule has 0 amide bonds. The second kappa shape index (κ2) is 6.74. The normalized spacial score (nSPS) is 12.1. The van der Waals surface area contributed by atoms with E-state index in [1.54, 1.807) is 12.1 Å². The van der Waals surface area contributed by atoms with E-state index in [4.69, 9.17) is 5.84 Å². The second-order valence-electron chi connectivity index (χ2n) is 3.73. The van der Waals surface area contributed by atoms with E-state index in [-0.39, 0.29) is 5.82 Å². The Morgan fingerprint density at radius 3 is 2.56 bits per heavy atom. The van der Waals surface area contributed by atoms with E-state index in [2.05, 4.69) is 15.2 Å². The maximum atomic E-state index is 13.9. The summed E-state index contributed by atoms with van der Waals surface area (Å²) in [4.78, 5) is 2.09. The van der Waals surface area contributed by atoms with Crippen LogP contribution in [-0.2, 0) is 0 Å². The first-order chi connectivity index (χ1) is 8.67. The zero-order valence-corrected chi connectivity index (χ0v) is 11.0. The third-order valence-corrected chi connectivity index (χ3v) is 2.78. The number of allylic oxidation sites excluding steroid dienone is 1. The fourth-order valence-corrected chi connectivity index (χ4v) is 1.91. The molecule has 0 unspecified atom stereocenters. The summed E-state index contributed by atoms with van der Waals surface area (Å²) in [7, 11) is 0. The Kier molecular flexibility index (Phi) is 5.30. The van der Waals surface area contributed by atoms with E-state index in [0.717, 1.165) is 18.8 Å². The van der Waals surface area contributed by atoms with Crippen LogP contribution < -0.4 is 5.84 Å². The predicted molar refractivity (Wildman–Crippen MR) is 71.7 cm³/mol. The first-order valence-corrected chi connectivity index (χ1v) is 6.00. The smallest absolute Gasteiger partial charge is 0.132 e. The van der Waals surface area contributed by atoms with Crippen molar-refractivity contribution in [1.82, 2.24) is 4.90 Å². The van der Waals surface area contributed by atoms with Crippen molar-refractivity contribution < 1.29 is 4.39 Å². The fraction of sp³-hybridized carbons (Fsp3) is 0.385. The van der Waals surface area contributed by atoms with E-state index in [1.807, 2.05) is 26.8 Å². The molecule has 0 aromatic heterocycles. The van der Waals surface area contributed by atoms with Crippen LogP contribution in [0.4, 0.5) is 10.1 Å². The molecule has 0 heterocycles. The molecule has 18 heavy (non-hydrogen) atoms. The van der Waals surface area contributed by atoms with Gasteiger partial charge in [0, 0.05) is 24.4 Å². The van der Waals surface area contributed by atoms with Crippen molar-refractivity contribution in [3.05, 3.63) is 35.7 Å². The molecule has 0 saturated carbocycles. The molecule has 5 heteroatoms. The van der Waals surface area contributed by atoms with Crippen LogP contribution in [0.25, 0.3) is 5.70 Å². The highest BCUT2D eigenvalue weighted by Gasteiger charge is 2.13. The highest BCUT2D eigenvalue weighted by atomic mass is 19.1. The van der Waals surface area contributed by atoms with Crippen molar-refractivity contribution in [2.75, 3.05) is 13.1 Å². The average molecular weight is 250 g/mol. The largest absolute Gasteiger partial charge is 0.372 e. The topological polar surface area (TPSA) is 54.0 Å². The molecule has 0 aliphatic carbocycles. The van der Waals surface area contributed by atoms with Crippen molar-refractivity contribution in [3.8, 4) is 0 Å². The van der Waals surface area contributed by atoms with Gasteiger partial charge >= 0.3 is 0 Å². The number of nitrogens with two attached hydrogens (primary N) is 1. The average Bonchev–Trinajstić information content (AvgIpc) is 2.39. The standard InChI is InChI=1S/C13H19FN4/c1-4-13(18(5-2)6-3)11-9-10(16-17-15)7-8-12(11)14/h4,7-9H,5-6H2,1-3H3,(H2,15,16). The lowest BCUT2D eigenvalue weighted by molar-refractivity contribution is 0.438. The van der Waals surface area contributed by atoms with Crippen molar-refractivity contribution in [2.45, 2.75) is 20.8 Å². The molecular formula is C13H19FN4. The van der Waals surface area contributed by atoms with Gasteiger partial charge in [0.15, 0.2) is 0 Å². The van der Waals surface area contributed by atoms with Gasteiger partial charge in [0.05, 0.1) is 5.69 Å². The molecule has 0 spiro atoms. The summed E-state index contributed by atoms with van der Waals surface area (Å²) in [5, 5.41) is 6.94. The van der Waals surface area contributed by atoms with Gasteiger partial charge in [0.2, 0.25) is 0 Å². The van der Waals surface area contributed by atoms with Crippen LogP contribution in [0.2, 0.25) is 0 Å². The summed E-state index contributed by atoms with van der Waals surface area (Å²) in [6.07, 6.45) is 1.90. The maximum absolute atomic E-state index is 13.9. The Bertz CT molecular complexity index is 450. The molecule has 0 atom stereocenters.